The molecule has 0 aliphatic rings. The highest BCUT2D eigenvalue weighted by atomic mass is 16.6. The van der Waals surface area contributed by atoms with E-state index in [2.05, 4.69) is 20.0 Å². The van der Waals surface area contributed by atoms with Gasteiger partial charge in [-0.05, 0) is 6.92 Å². The minimum atomic E-state index is -0.287. The van der Waals surface area contributed by atoms with E-state index in [0.717, 1.165) is 0 Å². The zero-order chi connectivity index (χ0) is 11.1. The molecule has 0 aromatic carbocycles. The number of amides is 1. The van der Waals surface area contributed by atoms with Gasteiger partial charge in [-0.2, -0.15) is 0 Å². The van der Waals surface area contributed by atoms with Gasteiger partial charge >= 0.3 is 0 Å². The summed E-state index contributed by atoms with van der Waals surface area (Å²) in [6.45, 7) is 1.61. The maximum atomic E-state index is 11.5. The molecule has 0 aromatic rings. The molecule has 6 nitrogen and oxygen atoms in total. The van der Waals surface area contributed by atoms with Crippen molar-refractivity contribution < 1.29 is 14.5 Å². The third-order valence-corrected chi connectivity index (χ3v) is 1.36. The Morgan fingerprint density at radius 1 is 1.14 bits per heavy atom. The van der Waals surface area contributed by atoms with Gasteiger partial charge in [-0.3, -0.25) is 4.79 Å². The minimum Gasteiger partial charge on any atom is -0.399 e. The standard InChI is InChI=1S/C8H15N3O3/c1-6(9-13-4)7(10-14-5)8(12)11(2)3/h1-5H3. The van der Waals surface area contributed by atoms with Crippen molar-refractivity contribution in [2.45, 2.75) is 6.92 Å². The molecule has 6 heteroatoms. The zero-order valence-corrected chi connectivity index (χ0v) is 9.07. The molecule has 0 N–H and O–H groups in total. The molecule has 0 bridgehead atoms. The number of carbonyl (C=O) groups excluding carboxylic acids is 1. The Morgan fingerprint density at radius 3 is 2.00 bits per heavy atom. The van der Waals surface area contributed by atoms with Crippen LogP contribution >= 0.6 is 0 Å². The van der Waals surface area contributed by atoms with E-state index in [1.807, 2.05) is 0 Å². The van der Waals surface area contributed by atoms with Crippen LogP contribution in [-0.4, -0.2) is 50.5 Å². The number of hydrogen-bond donors (Lipinski definition) is 0. The van der Waals surface area contributed by atoms with Crippen LogP contribution in [0.15, 0.2) is 10.3 Å². The highest BCUT2D eigenvalue weighted by Crippen LogP contribution is 1.92. The molecule has 0 unspecified atom stereocenters. The highest BCUT2D eigenvalue weighted by Gasteiger charge is 2.18. The Balaban J connectivity index is 4.88. The smallest absolute Gasteiger partial charge is 0.277 e. The lowest BCUT2D eigenvalue weighted by atomic mass is 10.2. The number of nitrogens with zero attached hydrogens (tertiary/aromatic N) is 3. The Labute approximate surface area is 83.1 Å². The van der Waals surface area contributed by atoms with E-state index in [4.69, 9.17) is 0 Å². The molecule has 1 amide bonds. The van der Waals surface area contributed by atoms with Gasteiger partial charge in [-0.25, -0.2) is 0 Å². The molecular weight excluding hydrogens is 186 g/mol. The second-order valence-corrected chi connectivity index (χ2v) is 2.68. The summed E-state index contributed by atoms with van der Waals surface area (Å²) in [7, 11) is 6.00. The lowest BCUT2D eigenvalue weighted by molar-refractivity contribution is -0.121. The normalized spacial score (nSPS) is 12.4. The largest absolute Gasteiger partial charge is 0.399 e. The summed E-state index contributed by atoms with van der Waals surface area (Å²) in [5.74, 6) is -0.287. The SMILES string of the molecule is CON=C(C)C(=NOC)C(=O)N(C)C. The van der Waals surface area contributed by atoms with Gasteiger partial charge in [0.05, 0.1) is 0 Å². The number of oxime groups is 2. The maximum Gasteiger partial charge on any atom is 0.277 e. The fourth-order valence-corrected chi connectivity index (χ4v) is 0.743. The van der Waals surface area contributed by atoms with Crippen LogP contribution < -0.4 is 0 Å². The lowest BCUT2D eigenvalue weighted by Gasteiger charge is -2.10. The number of rotatable bonds is 4. The van der Waals surface area contributed by atoms with Crippen LogP contribution in [0.3, 0.4) is 0 Å². The Morgan fingerprint density at radius 2 is 1.64 bits per heavy atom. The fourth-order valence-electron chi connectivity index (χ4n) is 0.743. The van der Waals surface area contributed by atoms with Crippen molar-refractivity contribution in [3.05, 3.63) is 0 Å². The molecule has 0 atom stereocenters. The third kappa shape index (κ3) is 3.42. The molecule has 0 heterocycles. The van der Waals surface area contributed by atoms with Crippen LogP contribution in [0.4, 0.5) is 0 Å². The van der Waals surface area contributed by atoms with Crippen molar-refractivity contribution >= 4 is 17.3 Å². The monoisotopic (exact) mass is 201 g/mol. The molecule has 0 aliphatic carbocycles. The van der Waals surface area contributed by atoms with Gasteiger partial charge in [-0.1, -0.05) is 10.3 Å². The molecule has 0 saturated carbocycles. The van der Waals surface area contributed by atoms with Crippen LogP contribution in [0.5, 0.6) is 0 Å². The van der Waals surface area contributed by atoms with Crippen molar-refractivity contribution in [2.75, 3.05) is 28.3 Å². The quantitative estimate of drug-likeness (QED) is 0.478. The van der Waals surface area contributed by atoms with E-state index >= 15 is 0 Å². The number of hydrogen-bond acceptors (Lipinski definition) is 5. The minimum absolute atomic E-state index is 0.124. The van der Waals surface area contributed by atoms with Crippen molar-refractivity contribution in [3.8, 4) is 0 Å². The van der Waals surface area contributed by atoms with Gasteiger partial charge < -0.3 is 14.6 Å². The molecule has 14 heavy (non-hydrogen) atoms. The predicted molar refractivity (Wildman–Crippen MR) is 53.3 cm³/mol. The van der Waals surface area contributed by atoms with E-state index < -0.39 is 0 Å². The van der Waals surface area contributed by atoms with Gasteiger partial charge in [-0.15, -0.1) is 0 Å². The first-order chi connectivity index (χ1) is 6.54. The second kappa shape index (κ2) is 5.95. The zero-order valence-electron chi connectivity index (χ0n) is 9.07. The predicted octanol–water partition coefficient (Wildman–Crippen LogP) is 0.0993. The van der Waals surface area contributed by atoms with Gasteiger partial charge in [0, 0.05) is 14.1 Å². The van der Waals surface area contributed by atoms with Crippen LogP contribution in [0.25, 0.3) is 0 Å². The summed E-state index contributed by atoms with van der Waals surface area (Å²) in [6.07, 6.45) is 0. The van der Waals surface area contributed by atoms with Crippen molar-refractivity contribution in [1.82, 2.24) is 4.90 Å². The molecule has 80 valence electrons. The molecule has 0 saturated heterocycles. The molecule has 0 radical (unpaired) electrons. The van der Waals surface area contributed by atoms with E-state index in [9.17, 15) is 4.79 Å². The summed E-state index contributed by atoms with van der Waals surface area (Å²) in [5, 5.41) is 7.18. The van der Waals surface area contributed by atoms with Crippen LogP contribution in [0, 0.1) is 0 Å². The summed E-state index contributed by atoms with van der Waals surface area (Å²) in [6, 6.07) is 0. The molecule has 0 rings (SSSR count). The van der Waals surface area contributed by atoms with Crippen LogP contribution in [0.1, 0.15) is 6.92 Å². The molecule has 0 aromatic heterocycles. The number of carbonyl (C=O) groups is 1. The van der Waals surface area contributed by atoms with E-state index in [-0.39, 0.29) is 11.6 Å². The average Bonchev–Trinajstić information content (AvgIpc) is 2.13. The Bertz CT molecular complexity index is 259. The van der Waals surface area contributed by atoms with Crippen molar-refractivity contribution in [3.63, 3.8) is 0 Å². The third-order valence-electron chi connectivity index (χ3n) is 1.36. The summed E-state index contributed by atoms with van der Waals surface area (Å²) in [5.41, 5.74) is 0.493. The van der Waals surface area contributed by atoms with Crippen LogP contribution in [0.2, 0.25) is 0 Å². The van der Waals surface area contributed by atoms with Gasteiger partial charge in [0.25, 0.3) is 5.91 Å². The van der Waals surface area contributed by atoms with Gasteiger partial charge in [0.2, 0.25) is 0 Å². The highest BCUT2D eigenvalue weighted by molar-refractivity contribution is 6.66. The van der Waals surface area contributed by atoms with Crippen molar-refractivity contribution in [1.29, 1.82) is 0 Å². The Hall–Kier alpha value is -1.59. The Kier molecular flexibility index (Phi) is 5.28. The first-order valence-corrected chi connectivity index (χ1v) is 3.95. The fraction of sp³-hybridized carbons (Fsp3) is 0.625. The van der Waals surface area contributed by atoms with Gasteiger partial charge in [0.1, 0.15) is 19.9 Å². The van der Waals surface area contributed by atoms with Gasteiger partial charge in [0.15, 0.2) is 5.71 Å². The molecular formula is C8H15N3O3. The molecule has 0 aliphatic heterocycles. The van der Waals surface area contributed by atoms with E-state index in [1.54, 1.807) is 21.0 Å². The van der Waals surface area contributed by atoms with E-state index in [1.165, 1.54) is 19.1 Å². The average molecular weight is 201 g/mol. The summed E-state index contributed by atoms with van der Waals surface area (Å²) < 4.78 is 0. The first-order valence-electron chi connectivity index (χ1n) is 3.95. The first kappa shape index (κ1) is 12.4. The molecule has 0 fully saturated rings. The summed E-state index contributed by atoms with van der Waals surface area (Å²) in [4.78, 5) is 22.0. The maximum absolute atomic E-state index is 11.5. The molecule has 0 spiro atoms. The topological polar surface area (TPSA) is 63.5 Å². The second-order valence-electron chi connectivity index (χ2n) is 2.68. The van der Waals surface area contributed by atoms with Crippen molar-refractivity contribution in [2.24, 2.45) is 10.3 Å². The lowest BCUT2D eigenvalue weighted by Crippen LogP contribution is -2.34. The summed E-state index contributed by atoms with van der Waals surface area (Å²) >= 11 is 0. The van der Waals surface area contributed by atoms with E-state index in [0.29, 0.717) is 5.71 Å². The van der Waals surface area contributed by atoms with Crippen LogP contribution in [-0.2, 0) is 14.5 Å².